The minimum absolute atomic E-state index is 0.0122. The second-order valence-electron chi connectivity index (χ2n) is 4.76. The molecule has 4 nitrogen and oxygen atoms in total. The van der Waals surface area contributed by atoms with Gasteiger partial charge in [0, 0.05) is 16.9 Å². The van der Waals surface area contributed by atoms with Crippen LogP contribution in [-0.4, -0.2) is 12.6 Å². The van der Waals surface area contributed by atoms with Crippen molar-refractivity contribution in [3.63, 3.8) is 0 Å². The Bertz CT molecular complexity index is 644. The first-order chi connectivity index (χ1) is 10.2. The molecule has 0 radical (unpaired) electrons. The summed E-state index contributed by atoms with van der Waals surface area (Å²) in [7, 11) is 0. The zero-order valence-electron chi connectivity index (χ0n) is 11.3. The van der Waals surface area contributed by atoms with Crippen LogP contribution in [0.2, 0.25) is 4.34 Å². The van der Waals surface area contributed by atoms with Crippen molar-refractivity contribution < 1.29 is 9.53 Å². The van der Waals surface area contributed by atoms with Crippen LogP contribution < -0.4 is 15.4 Å². The first-order valence-corrected chi connectivity index (χ1v) is 7.92. The molecule has 21 heavy (non-hydrogen) atoms. The molecular weight excluding hydrogens is 308 g/mol. The zero-order chi connectivity index (χ0) is 14.7. The first-order valence-electron chi connectivity index (χ1n) is 6.72. The molecule has 0 unspecified atom stereocenters. The third kappa shape index (κ3) is 3.49. The number of hydrogen-bond acceptors (Lipinski definition) is 3. The number of carbonyl (C=O) groups is 1. The molecule has 3 rings (SSSR count). The van der Waals surface area contributed by atoms with E-state index in [1.165, 1.54) is 11.3 Å². The number of thiophene rings is 1. The van der Waals surface area contributed by atoms with Crippen LogP contribution in [0.25, 0.3) is 0 Å². The molecular formula is C15H15ClN2O2S. The summed E-state index contributed by atoms with van der Waals surface area (Å²) in [6, 6.07) is 11.3. The molecule has 1 atom stereocenters. The highest BCUT2D eigenvalue weighted by atomic mass is 35.5. The summed E-state index contributed by atoms with van der Waals surface area (Å²) in [5, 5.41) is 5.85. The van der Waals surface area contributed by atoms with Crippen molar-refractivity contribution >= 4 is 29.0 Å². The highest BCUT2D eigenvalue weighted by Gasteiger charge is 2.22. The Morgan fingerprint density at radius 3 is 3.00 bits per heavy atom. The molecule has 0 fully saturated rings. The summed E-state index contributed by atoms with van der Waals surface area (Å²) in [5.41, 5.74) is 1.03. The van der Waals surface area contributed by atoms with Crippen molar-refractivity contribution in [1.29, 1.82) is 0 Å². The second-order valence-corrected chi connectivity index (χ2v) is 6.56. The predicted molar refractivity (Wildman–Crippen MR) is 84.0 cm³/mol. The third-order valence-corrected chi connectivity index (χ3v) is 4.55. The SMILES string of the molecule is O=C(NCc1ccc(Cl)s1)N[C@H]1CCOc2ccccc21. The van der Waals surface area contributed by atoms with Crippen LogP contribution in [-0.2, 0) is 6.54 Å². The number of rotatable bonds is 3. The van der Waals surface area contributed by atoms with Gasteiger partial charge < -0.3 is 15.4 Å². The van der Waals surface area contributed by atoms with Gasteiger partial charge in [0.15, 0.2) is 0 Å². The fraction of sp³-hybridized carbons (Fsp3) is 0.267. The van der Waals surface area contributed by atoms with E-state index < -0.39 is 0 Å². The van der Waals surface area contributed by atoms with Gasteiger partial charge in [0.25, 0.3) is 0 Å². The van der Waals surface area contributed by atoms with E-state index in [-0.39, 0.29) is 12.1 Å². The fourth-order valence-corrected chi connectivity index (χ4v) is 3.34. The Morgan fingerprint density at radius 2 is 2.19 bits per heavy atom. The molecule has 1 aliphatic heterocycles. The van der Waals surface area contributed by atoms with Crippen LogP contribution in [0, 0.1) is 0 Å². The molecule has 2 heterocycles. The van der Waals surface area contributed by atoms with Crippen LogP contribution in [0.1, 0.15) is 22.9 Å². The molecule has 0 bridgehead atoms. The van der Waals surface area contributed by atoms with Crippen molar-refractivity contribution in [2.45, 2.75) is 19.0 Å². The number of carbonyl (C=O) groups excluding carboxylic acids is 1. The quantitative estimate of drug-likeness (QED) is 0.904. The first kappa shape index (κ1) is 14.2. The number of amides is 2. The average molecular weight is 323 g/mol. The lowest BCUT2D eigenvalue weighted by Crippen LogP contribution is -2.39. The standard InChI is InChI=1S/C15H15ClN2O2S/c16-14-6-5-10(21-14)9-17-15(19)18-12-7-8-20-13-4-2-1-3-11(12)13/h1-6,12H,7-9H2,(H2,17,18,19)/t12-/m0/s1. The topological polar surface area (TPSA) is 50.4 Å². The van der Waals surface area contributed by atoms with Gasteiger partial charge in [0.05, 0.1) is 23.5 Å². The molecule has 2 aromatic rings. The van der Waals surface area contributed by atoms with Gasteiger partial charge in [-0.3, -0.25) is 0 Å². The summed E-state index contributed by atoms with van der Waals surface area (Å²) >= 11 is 7.33. The van der Waals surface area contributed by atoms with E-state index in [0.717, 1.165) is 26.9 Å². The normalized spacial score (nSPS) is 16.7. The van der Waals surface area contributed by atoms with Crippen LogP contribution in [0.5, 0.6) is 5.75 Å². The second kappa shape index (κ2) is 6.37. The Labute approximate surface area is 132 Å². The number of para-hydroxylation sites is 1. The Kier molecular flexibility index (Phi) is 4.31. The average Bonchev–Trinajstić information content (AvgIpc) is 2.91. The molecule has 1 aromatic heterocycles. The summed E-state index contributed by atoms with van der Waals surface area (Å²) in [6.45, 7) is 1.09. The van der Waals surface area contributed by atoms with Gasteiger partial charge in [-0.1, -0.05) is 29.8 Å². The fourth-order valence-electron chi connectivity index (χ4n) is 2.32. The van der Waals surface area contributed by atoms with E-state index >= 15 is 0 Å². The predicted octanol–water partition coefficient (Wildman–Crippen LogP) is 3.72. The molecule has 2 amide bonds. The van der Waals surface area contributed by atoms with Crippen LogP contribution >= 0.6 is 22.9 Å². The van der Waals surface area contributed by atoms with Crippen molar-refractivity contribution in [1.82, 2.24) is 10.6 Å². The number of halogens is 1. The van der Waals surface area contributed by atoms with Crippen LogP contribution in [0.15, 0.2) is 36.4 Å². The maximum absolute atomic E-state index is 12.0. The monoisotopic (exact) mass is 322 g/mol. The number of urea groups is 1. The van der Waals surface area contributed by atoms with Crippen LogP contribution in [0.3, 0.4) is 0 Å². The maximum atomic E-state index is 12.0. The Morgan fingerprint density at radius 1 is 1.33 bits per heavy atom. The van der Waals surface area contributed by atoms with E-state index in [1.807, 2.05) is 36.4 Å². The lowest BCUT2D eigenvalue weighted by atomic mass is 10.0. The van der Waals surface area contributed by atoms with Gasteiger partial charge in [0.2, 0.25) is 0 Å². The molecule has 1 aromatic carbocycles. The highest BCUT2D eigenvalue weighted by molar-refractivity contribution is 7.16. The lowest BCUT2D eigenvalue weighted by Gasteiger charge is -2.26. The largest absolute Gasteiger partial charge is 0.493 e. The van der Waals surface area contributed by atoms with Gasteiger partial charge in [0.1, 0.15) is 5.75 Å². The van der Waals surface area contributed by atoms with Crippen molar-refractivity contribution in [2.75, 3.05) is 6.61 Å². The number of fused-ring (bicyclic) bond motifs is 1. The van der Waals surface area contributed by atoms with Crippen LogP contribution in [0.4, 0.5) is 4.79 Å². The van der Waals surface area contributed by atoms with E-state index in [9.17, 15) is 4.79 Å². The van der Waals surface area contributed by atoms with Crippen molar-refractivity contribution in [3.05, 3.63) is 51.2 Å². The Hall–Kier alpha value is -1.72. The van der Waals surface area contributed by atoms with E-state index in [1.54, 1.807) is 0 Å². The molecule has 2 N–H and O–H groups in total. The van der Waals surface area contributed by atoms with Gasteiger partial charge in [-0.05, 0) is 18.2 Å². The lowest BCUT2D eigenvalue weighted by molar-refractivity contribution is 0.223. The smallest absolute Gasteiger partial charge is 0.315 e. The number of ether oxygens (including phenoxy) is 1. The van der Waals surface area contributed by atoms with Crippen molar-refractivity contribution in [3.8, 4) is 5.75 Å². The Balaban J connectivity index is 1.58. The highest BCUT2D eigenvalue weighted by Crippen LogP contribution is 2.31. The molecule has 0 saturated heterocycles. The van der Waals surface area contributed by atoms with Gasteiger partial charge in [-0.15, -0.1) is 11.3 Å². The number of hydrogen-bond donors (Lipinski definition) is 2. The molecule has 110 valence electrons. The van der Waals surface area contributed by atoms with Gasteiger partial charge >= 0.3 is 6.03 Å². The number of nitrogens with one attached hydrogen (secondary N) is 2. The third-order valence-electron chi connectivity index (χ3n) is 3.32. The maximum Gasteiger partial charge on any atom is 0.315 e. The van der Waals surface area contributed by atoms with Gasteiger partial charge in [-0.25, -0.2) is 4.79 Å². The summed E-state index contributed by atoms with van der Waals surface area (Å²) in [5.74, 6) is 0.846. The minimum Gasteiger partial charge on any atom is -0.493 e. The van der Waals surface area contributed by atoms with Gasteiger partial charge in [-0.2, -0.15) is 0 Å². The molecule has 0 saturated carbocycles. The van der Waals surface area contributed by atoms with Crippen molar-refractivity contribution in [2.24, 2.45) is 0 Å². The number of benzene rings is 1. The molecule has 0 aliphatic carbocycles. The van der Waals surface area contributed by atoms with E-state index in [0.29, 0.717) is 13.2 Å². The zero-order valence-corrected chi connectivity index (χ0v) is 12.8. The molecule has 0 spiro atoms. The minimum atomic E-state index is -0.179. The van der Waals surface area contributed by atoms with E-state index in [4.69, 9.17) is 16.3 Å². The summed E-state index contributed by atoms with van der Waals surface area (Å²) in [4.78, 5) is 13.0. The summed E-state index contributed by atoms with van der Waals surface area (Å²) < 4.78 is 6.31. The molecule has 1 aliphatic rings. The summed E-state index contributed by atoms with van der Waals surface area (Å²) in [6.07, 6.45) is 0.773. The molecule has 6 heteroatoms. The van der Waals surface area contributed by atoms with E-state index in [2.05, 4.69) is 10.6 Å².